The number of carbonyl (C=O) groups is 1. The van der Waals surface area contributed by atoms with Gasteiger partial charge in [0.2, 0.25) is 0 Å². The van der Waals surface area contributed by atoms with Gasteiger partial charge >= 0.3 is 0 Å². The fourth-order valence-electron chi connectivity index (χ4n) is 2.03. The van der Waals surface area contributed by atoms with E-state index < -0.39 is 0 Å². The van der Waals surface area contributed by atoms with E-state index in [0.717, 1.165) is 36.9 Å². The van der Waals surface area contributed by atoms with E-state index in [1.54, 1.807) is 0 Å². The summed E-state index contributed by atoms with van der Waals surface area (Å²) in [5.41, 5.74) is 7.53. The molecule has 0 aliphatic carbocycles. The van der Waals surface area contributed by atoms with Crippen LogP contribution in [0.5, 0.6) is 0 Å². The summed E-state index contributed by atoms with van der Waals surface area (Å²) < 4.78 is 0. The van der Waals surface area contributed by atoms with Crippen LogP contribution in [0.15, 0.2) is 24.3 Å². The lowest BCUT2D eigenvalue weighted by Crippen LogP contribution is -2.36. The van der Waals surface area contributed by atoms with Crippen LogP contribution in [0.2, 0.25) is 0 Å². The second-order valence-corrected chi connectivity index (χ2v) is 4.45. The van der Waals surface area contributed by atoms with Gasteiger partial charge in [-0.15, -0.1) is 0 Å². The summed E-state index contributed by atoms with van der Waals surface area (Å²) in [7, 11) is 0. The van der Waals surface area contributed by atoms with Crippen LogP contribution in [-0.2, 0) is 6.42 Å². The van der Waals surface area contributed by atoms with Crippen molar-refractivity contribution >= 4 is 5.91 Å². The molecule has 18 heavy (non-hydrogen) atoms. The van der Waals surface area contributed by atoms with Gasteiger partial charge in [-0.2, -0.15) is 0 Å². The number of nitrogens with zero attached hydrogens (tertiary/aromatic N) is 1. The Morgan fingerprint density at radius 1 is 1.22 bits per heavy atom. The van der Waals surface area contributed by atoms with Crippen molar-refractivity contribution in [2.24, 2.45) is 5.73 Å². The van der Waals surface area contributed by atoms with Gasteiger partial charge in [-0.25, -0.2) is 0 Å². The van der Waals surface area contributed by atoms with Crippen LogP contribution in [0.1, 0.15) is 42.6 Å². The van der Waals surface area contributed by atoms with Crippen LogP contribution in [0.4, 0.5) is 0 Å². The van der Waals surface area contributed by atoms with Crippen LogP contribution in [-0.4, -0.2) is 30.4 Å². The number of amides is 1. The van der Waals surface area contributed by atoms with E-state index in [1.165, 1.54) is 0 Å². The first kappa shape index (κ1) is 14.7. The third-order valence-electron chi connectivity index (χ3n) is 3.10. The molecule has 1 rings (SSSR count). The van der Waals surface area contributed by atoms with Crippen molar-refractivity contribution in [2.45, 2.75) is 33.1 Å². The Labute approximate surface area is 110 Å². The normalized spacial score (nSPS) is 10.4. The van der Waals surface area contributed by atoms with Crippen LogP contribution in [0.25, 0.3) is 0 Å². The number of rotatable bonds is 7. The van der Waals surface area contributed by atoms with Gasteiger partial charge in [0.25, 0.3) is 5.91 Å². The van der Waals surface area contributed by atoms with Crippen molar-refractivity contribution in [3.63, 3.8) is 0 Å². The molecule has 1 aromatic rings. The molecule has 1 aromatic carbocycles. The highest BCUT2D eigenvalue weighted by molar-refractivity contribution is 5.95. The smallest absolute Gasteiger partial charge is 0.254 e. The molecule has 0 aliphatic heterocycles. The zero-order valence-corrected chi connectivity index (χ0v) is 11.5. The number of hydrogen-bond donors (Lipinski definition) is 1. The van der Waals surface area contributed by atoms with E-state index in [9.17, 15) is 4.79 Å². The second-order valence-electron chi connectivity index (χ2n) is 4.45. The van der Waals surface area contributed by atoms with Crippen molar-refractivity contribution in [1.82, 2.24) is 4.90 Å². The maximum atomic E-state index is 12.5. The molecule has 0 unspecified atom stereocenters. The van der Waals surface area contributed by atoms with E-state index >= 15 is 0 Å². The molecule has 0 spiro atoms. The predicted molar refractivity (Wildman–Crippen MR) is 75.7 cm³/mol. The van der Waals surface area contributed by atoms with Gasteiger partial charge in [0.15, 0.2) is 0 Å². The second kappa shape index (κ2) is 7.88. The molecule has 3 nitrogen and oxygen atoms in total. The number of nitrogens with two attached hydrogens (primary N) is 1. The summed E-state index contributed by atoms with van der Waals surface area (Å²) >= 11 is 0. The van der Waals surface area contributed by atoms with E-state index in [0.29, 0.717) is 13.1 Å². The maximum Gasteiger partial charge on any atom is 0.254 e. The third-order valence-corrected chi connectivity index (χ3v) is 3.10. The molecule has 0 bridgehead atoms. The molecule has 100 valence electrons. The Hall–Kier alpha value is -1.35. The molecular weight excluding hydrogens is 224 g/mol. The quantitative estimate of drug-likeness (QED) is 0.805. The minimum Gasteiger partial charge on any atom is -0.337 e. The van der Waals surface area contributed by atoms with Crippen LogP contribution >= 0.6 is 0 Å². The van der Waals surface area contributed by atoms with Gasteiger partial charge < -0.3 is 10.6 Å². The summed E-state index contributed by atoms with van der Waals surface area (Å²) in [6, 6.07) is 7.84. The van der Waals surface area contributed by atoms with Gasteiger partial charge in [0.1, 0.15) is 0 Å². The fraction of sp³-hybridized carbons (Fsp3) is 0.533. The summed E-state index contributed by atoms with van der Waals surface area (Å²) in [5.74, 6) is 0.117. The first-order chi connectivity index (χ1) is 8.74. The molecule has 0 heterocycles. The number of benzene rings is 1. The van der Waals surface area contributed by atoms with Crippen LogP contribution < -0.4 is 5.73 Å². The molecular formula is C15H24N2O. The van der Waals surface area contributed by atoms with E-state index in [1.807, 2.05) is 29.2 Å². The molecule has 0 saturated heterocycles. The lowest BCUT2D eigenvalue weighted by Gasteiger charge is -2.23. The van der Waals surface area contributed by atoms with Gasteiger partial charge in [0.05, 0.1) is 0 Å². The molecule has 1 amide bonds. The van der Waals surface area contributed by atoms with E-state index in [2.05, 4.69) is 13.8 Å². The summed E-state index contributed by atoms with van der Waals surface area (Å²) in [6.45, 7) is 6.15. The van der Waals surface area contributed by atoms with Crippen molar-refractivity contribution in [3.05, 3.63) is 35.4 Å². The molecule has 0 saturated carbocycles. The average Bonchev–Trinajstić information content (AvgIpc) is 2.42. The number of hydrogen-bond acceptors (Lipinski definition) is 2. The Balaban J connectivity index is 2.86. The summed E-state index contributed by atoms with van der Waals surface area (Å²) in [4.78, 5) is 14.4. The predicted octanol–water partition coefficient (Wildman–Crippen LogP) is 2.45. The minimum absolute atomic E-state index is 0.117. The highest BCUT2D eigenvalue weighted by Gasteiger charge is 2.16. The van der Waals surface area contributed by atoms with Crippen LogP contribution in [0.3, 0.4) is 0 Å². The fourth-order valence-corrected chi connectivity index (χ4v) is 2.03. The molecule has 0 fully saturated rings. The standard InChI is InChI=1S/C15H24N2O/c1-3-5-11-17(12-10-16)15(18)14-9-7-6-8-13(14)4-2/h6-9H,3-5,10-12,16H2,1-2H3. The summed E-state index contributed by atoms with van der Waals surface area (Å²) in [6.07, 6.45) is 3.00. The van der Waals surface area contributed by atoms with Crippen molar-refractivity contribution in [3.8, 4) is 0 Å². The minimum atomic E-state index is 0.117. The molecule has 0 aliphatic rings. The highest BCUT2D eigenvalue weighted by atomic mass is 16.2. The molecule has 2 N–H and O–H groups in total. The van der Waals surface area contributed by atoms with Crippen LogP contribution in [0, 0.1) is 0 Å². The first-order valence-corrected chi connectivity index (χ1v) is 6.81. The van der Waals surface area contributed by atoms with Gasteiger partial charge in [-0.1, -0.05) is 38.5 Å². The SMILES string of the molecule is CCCCN(CCN)C(=O)c1ccccc1CC. The van der Waals surface area contributed by atoms with Crippen molar-refractivity contribution in [2.75, 3.05) is 19.6 Å². The van der Waals surface area contributed by atoms with Crippen molar-refractivity contribution < 1.29 is 4.79 Å². The Kier molecular flexibility index (Phi) is 6.44. The summed E-state index contributed by atoms with van der Waals surface area (Å²) in [5, 5.41) is 0. The number of unbranched alkanes of at least 4 members (excludes halogenated alkanes) is 1. The van der Waals surface area contributed by atoms with Gasteiger partial charge in [-0.05, 0) is 24.5 Å². The Morgan fingerprint density at radius 2 is 1.94 bits per heavy atom. The zero-order valence-electron chi connectivity index (χ0n) is 11.5. The number of aryl methyl sites for hydroxylation is 1. The monoisotopic (exact) mass is 248 g/mol. The van der Waals surface area contributed by atoms with Gasteiger partial charge in [0, 0.05) is 25.2 Å². The van der Waals surface area contributed by atoms with E-state index in [-0.39, 0.29) is 5.91 Å². The van der Waals surface area contributed by atoms with Gasteiger partial charge in [-0.3, -0.25) is 4.79 Å². The first-order valence-electron chi connectivity index (χ1n) is 6.81. The van der Waals surface area contributed by atoms with Crippen molar-refractivity contribution in [1.29, 1.82) is 0 Å². The highest BCUT2D eigenvalue weighted by Crippen LogP contribution is 2.13. The topological polar surface area (TPSA) is 46.3 Å². The Morgan fingerprint density at radius 3 is 2.56 bits per heavy atom. The zero-order chi connectivity index (χ0) is 13.4. The third kappa shape index (κ3) is 3.84. The molecule has 0 radical (unpaired) electrons. The average molecular weight is 248 g/mol. The maximum absolute atomic E-state index is 12.5. The molecule has 3 heteroatoms. The lowest BCUT2D eigenvalue weighted by atomic mass is 10.0. The molecule has 0 aromatic heterocycles. The largest absolute Gasteiger partial charge is 0.337 e. The Bertz CT molecular complexity index is 377. The lowest BCUT2D eigenvalue weighted by molar-refractivity contribution is 0.0757. The number of carbonyl (C=O) groups excluding carboxylic acids is 1. The van der Waals surface area contributed by atoms with E-state index in [4.69, 9.17) is 5.73 Å². The molecule has 0 atom stereocenters.